The zero-order chi connectivity index (χ0) is 16.4. The van der Waals surface area contributed by atoms with Crippen molar-refractivity contribution in [3.05, 3.63) is 47.2 Å². The van der Waals surface area contributed by atoms with Crippen molar-refractivity contribution in [3.8, 4) is 16.3 Å². The largest absolute Gasteiger partial charge is 0.508 e. The molecule has 0 atom stereocenters. The fraction of sp³-hybridized carbons (Fsp3) is 0.235. The molecular formula is C17H18N4OS. The van der Waals surface area contributed by atoms with Gasteiger partial charge in [0.2, 0.25) is 5.95 Å². The van der Waals surface area contributed by atoms with Gasteiger partial charge in [0.25, 0.3) is 0 Å². The first-order valence-corrected chi connectivity index (χ1v) is 8.21. The van der Waals surface area contributed by atoms with E-state index >= 15 is 0 Å². The van der Waals surface area contributed by atoms with E-state index in [0.717, 1.165) is 27.0 Å². The molecular weight excluding hydrogens is 308 g/mol. The summed E-state index contributed by atoms with van der Waals surface area (Å²) in [5, 5.41) is 13.7. The Bertz CT molecular complexity index is 829. The number of nitrogens with one attached hydrogen (secondary N) is 1. The molecule has 0 bridgehead atoms. The first-order chi connectivity index (χ1) is 11.0. The third kappa shape index (κ3) is 3.48. The molecule has 118 valence electrons. The lowest BCUT2D eigenvalue weighted by Crippen LogP contribution is -1.97. The summed E-state index contributed by atoms with van der Waals surface area (Å²) >= 11 is 1.67. The Balaban J connectivity index is 1.91. The SMILES string of the molecule is Cc1nc(C(C)C)sc1-c1ccnc(Nc2cccc(O)c2)n1. The summed E-state index contributed by atoms with van der Waals surface area (Å²) in [4.78, 5) is 14.5. The Labute approximate surface area is 139 Å². The van der Waals surface area contributed by atoms with Crippen LogP contribution in [0.5, 0.6) is 5.75 Å². The van der Waals surface area contributed by atoms with Gasteiger partial charge in [-0.05, 0) is 25.1 Å². The lowest BCUT2D eigenvalue weighted by molar-refractivity contribution is 0.475. The number of phenols is 1. The van der Waals surface area contributed by atoms with Gasteiger partial charge in [0.15, 0.2) is 0 Å². The summed E-state index contributed by atoms with van der Waals surface area (Å²) in [7, 11) is 0. The summed E-state index contributed by atoms with van der Waals surface area (Å²) in [5.41, 5.74) is 2.58. The van der Waals surface area contributed by atoms with Crippen molar-refractivity contribution in [1.82, 2.24) is 15.0 Å². The minimum atomic E-state index is 0.200. The molecule has 6 heteroatoms. The lowest BCUT2D eigenvalue weighted by atomic mass is 10.2. The number of hydrogen-bond donors (Lipinski definition) is 2. The predicted octanol–water partition coefficient (Wildman–Crippen LogP) is 4.48. The number of phenolic OH excluding ortho intramolecular Hbond substituents is 1. The molecule has 23 heavy (non-hydrogen) atoms. The van der Waals surface area contributed by atoms with Crippen LogP contribution in [-0.4, -0.2) is 20.1 Å². The normalized spacial score (nSPS) is 11.0. The van der Waals surface area contributed by atoms with E-state index in [1.165, 1.54) is 0 Å². The van der Waals surface area contributed by atoms with Gasteiger partial charge in [0, 0.05) is 23.9 Å². The van der Waals surface area contributed by atoms with Crippen molar-refractivity contribution in [2.24, 2.45) is 0 Å². The van der Waals surface area contributed by atoms with Crippen LogP contribution in [-0.2, 0) is 0 Å². The van der Waals surface area contributed by atoms with Gasteiger partial charge in [-0.2, -0.15) is 0 Å². The van der Waals surface area contributed by atoms with Crippen molar-refractivity contribution in [2.45, 2.75) is 26.7 Å². The van der Waals surface area contributed by atoms with Crippen LogP contribution >= 0.6 is 11.3 Å². The van der Waals surface area contributed by atoms with Crippen molar-refractivity contribution in [3.63, 3.8) is 0 Å². The Morgan fingerprint density at radius 2 is 2.00 bits per heavy atom. The third-order valence-corrected chi connectivity index (χ3v) is 4.78. The van der Waals surface area contributed by atoms with E-state index in [2.05, 4.69) is 34.1 Å². The standard InChI is InChI=1S/C17H18N4OS/c1-10(2)16-19-11(3)15(23-16)14-7-8-18-17(21-14)20-12-5-4-6-13(22)9-12/h4-10,22H,1-3H3,(H,18,20,21). The predicted molar refractivity (Wildman–Crippen MR) is 93.4 cm³/mol. The van der Waals surface area contributed by atoms with Gasteiger partial charge in [-0.15, -0.1) is 11.3 Å². The van der Waals surface area contributed by atoms with Gasteiger partial charge in [-0.3, -0.25) is 0 Å². The Kier molecular flexibility index (Phi) is 4.25. The van der Waals surface area contributed by atoms with E-state index < -0.39 is 0 Å². The van der Waals surface area contributed by atoms with Crippen LogP contribution in [0.25, 0.3) is 10.6 Å². The van der Waals surface area contributed by atoms with Crippen LogP contribution in [0.3, 0.4) is 0 Å². The molecule has 0 radical (unpaired) electrons. The fourth-order valence-electron chi connectivity index (χ4n) is 2.16. The second-order valence-corrected chi connectivity index (χ2v) is 6.59. The van der Waals surface area contributed by atoms with Gasteiger partial charge < -0.3 is 10.4 Å². The molecule has 0 aliphatic heterocycles. The van der Waals surface area contributed by atoms with Gasteiger partial charge in [-0.1, -0.05) is 19.9 Å². The van der Waals surface area contributed by atoms with E-state index in [1.54, 1.807) is 35.7 Å². The maximum absolute atomic E-state index is 9.53. The molecule has 2 heterocycles. The van der Waals surface area contributed by atoms with Crippen LogP contribution in [0.4, 0.5) is 11.6 Å². The van der Waals surface area contributed by atoms with Crippen LogP contribution in [0, 0.1) is 6.92 Å². The molecule has 0 spiro atoms. The average Bonchev–Trinajstić information content (AvgIpc) is 2.90. The smallest absolute Gasteiger partial charge is 0.227 e. The number of benzene rings is 1. The second-order valence-electron chi connectivity index (χ2n) is 5.56. The molecule has 0 unspecified atom stereocenters. The minimum absolute atomic E-state index is 0.200. The molecule has 0 saturated heterocycles. The first kappa shape index (κ1) is 15.4. The number of thiazole rings is 1. The molecule has 0 amide bonds. The quantitative estimate of drug-likeness (QED) is 0.739. The summed E-state index contributed by atoms with van der Waals surface area (Å²) in [6.07, 6.45) is 1.72. The van der Waals surface area contributed by atoms with Crippen molar-refractivity contribution < 1.29 is 5.11 Å². The molecule has 1 aromatic carbocycles. The summed E-state index contributed by atoms with van der Waals surface area (Å²) in [5.74, 6) is 1.09. The molecule has 0 aliphatic rings. The number of anilines is 2. The number of aromatic hydroxyl groups is 1. The van der Waals surface area contributed by atoms with Gasteiger partial charge in [-0.25, -0.2) is 15.0 Å². The number of rotatable bonds is 4. The van der Waals surface area contributed by atoms with E-state index in [1.807, 2.05) is 19.1 Å². The molecule has 3 aromatic rings. The van der Waals surface area contributed by atoms with Crippen LogP contribution in [0.1, 0.15) is 30.5 Å². The molecule has 2 N–H and O–H groups in total. The summed E-state index contributed by atoms with van der Waals surface area (Å²) in [6, 6.07) is 8.76. The highest BCUT2D eigenvalue weighted by atomic mass is 32.1. The maximum atomic E-state index is 9.53. The van der Waals surface area contributed by atoms with Gasteiger partial charge in [0.05, 0.1) is 21.3 Å². The van der Waals surface area contributed by atoms with E-state index in [-0.39, 0.29) is 5.75 Å². The van der Waals surface area contributed by atoms with E-state index in [9.17, 15) is 5.11 Å². The molecule has 3 rings (SSSR count). The topological polar surface area (TPSA) is 70.9 Å². The van der Waals surface area contributed by atoms with Gasteiger partial charge in [0.1, 0.15) is 5.75 Å². The summed E-state index contributed by atoms with van der Waals surface area (Å²) < 4.78 is 0. The van der Waals surface area contributed by atoms with E-state index in [0.29, 0.717) is 11.9 Å². The highest BCUT2D eigenvalue weighted by Gasteiger charge is 2.13. The maximum Gasteiger partial charge on any atom is 0.227 e. The third-order valence-electron chi connectivity index (χ3n) is 3.30. The first-order valence-electron chi connectivity index (χ1n) is 7.39. The van der Waals surface area contributed by atoms with Crippen LogP contribution in [0.15, 0.2) is 36.5 Å². The zero-order valence-electron chi connectivity index (χ0n) is 13.2. The van der Waals surface area contributed by atoms with E-state index in [4.69, 9.17) is 0 Å². The highest BCUT2D eigenvalue weighted by Crippen LogP contribution is 2.32. The van der Waals surface area contributed by atoms with Crippen LogP contribution in [0.2, 0.25) is 0 Å². The van der Waals surface area contributed by atoms with Crippen LogP contribution < -0.4 is 5.32 Å². The zero-order valence-corrected chi connectivity index (χ0v) is 14.1. The summed E-state index contributed by atoms with van der Waals surface area (Å²) in [6.45, 7) is 6.27. The molecule has 5 nitrogen and oxygen atoms in total. The Hall–Kier alpha value is -2.47. The number of aromatic nitrogens is 3. The molecule has 0 aliphatic carbocycles. The second kappa shape index (κ2) is 6.34. The highest BCUT2D eigenvalue weighted by molar-refractivity contribution is 7.15. The Morgan fingerprint density at radius 1 is 1.17 bits per heavy atom. The number of hydrogen-bond acceptors (Lipinski definition) is 6. The fourth-order valence-corrected chi connectivity index (χ4v) is 3.20. The monoisotopic (exact) mass is 326 g/mol. The van der Waals surface area contributed by atoms with Crippen molar-refractivity contribution in [1.29, 1.82) is 0 Å². The van der Waals surface area contributed by atoms with Gasteiger partial charge >= 0.3 is 0 Å². The number of nitrogens with zero attached hydrogens (tertiary/aromatic N) is 3. The van der Waals surface area contributed by atoms with Crippen molar-refractivity contribution >= 4 is 23.0 Å². The lowest BCUT2D eigenvalue weighted by Gasteiger charge is -2.06. The molecule has 0 saturated carbocycles. The minimum Gasteiger partial charge on any atom is -0.508 e. The average molecular weight is 326 g/mol. The Morgan fingerprint density at radius 3 is 2.70 bits per heavy atom. The number of aryl methyl sites for hydroxylation is 1. The molecule has 0 fully saturated rings. The molecule has 2 aromatic heterocycles. The van der Waals surface area contributed by atoms with Crippen molar-refractivity contribution in [2.75, 3.05) is 5.32 Å².